The summed E-state index contributed by atoms with van der Waals surface area (Å²) in [4.78, 5) is 41.6. The Morgan fingerprint density at radius 2 is 1.57 bits per heavy atom. The van der Waals surface area contributed by atoms with Gasteiger partial charge in [-0.1, -0.05) is 92.1 Å². The number of aryl methyl sites for hydroxylation is 3. The molecule has 220 valence electrons. The normalized spacial score (nSPS) is 12.0. The molecule has 0 saturated heterocycles. The van der Waals surface area contributed by atoms with Crippen molar-refractivity contribution in [2.45, 2.75) is 98.6 Å². The highest BCUT2D eigenvalue weighted by Gasteiger charge is 2.32. The molecule has 1 atom stereocenters. The number of carbonyl (C=O) groups is 3. The highest BCUT2D eigenvalue weighted by molar-refractivity contribution is 6.34. The molecule has 40 heavy (non-hydrogen) atoms. The first-order valence-corrected chi connectivity index (χ1v) is 14.6. The Morgan fingerprint density at radius 3 is 2.17 bits per heavy atom. The predicted molar refractivity (Wildman–Crippen MR) is 163 cm³/mol. The summed E-state index contributed by atoms with van der Waals surface area (Å²) in [6.07, 6.45) is 5.52. The van der Waals surface area contributed by atoms with Gasteiger partial charge in [-0.05, 0) is 65.2 Å². The number of nitrogens with zero attached hydrogens (tertiary/aromatic N) is 1. The molecular formula is C32H46ClN3O4. The van der Waals surface area contributed by atoms with E-state index < -0.39 is 17.7 Å². The molecule has 2 rings (SSSR count). The van der Waals surface area contributed by atoms with E-state index in [2.05, 4.69) is 17.6 Å². The van der Waals surface area contributed by atoms with Crippen molar-refractivity contribution in [3.05, 3.63) is 63.7 Å². The molecule has 0 saturated carbocycles. The molecule has 3 amide bonds. The van der Waals surface area contributed by atoms with Crippen LogP contribution in [0.25, 0.3) is 0 Å². The van der Waals surface area contributed by atoms with Crippen LogP contribution in [0.2, 0.25) is 5.02 Å². The molecule has 8 heteroatoms. The smallest absolute Gasteiger partial charge is 0.408 e. The van der Waals surface area contributed by atoms with Crippen molar-refractivity contribution in [2.75, 3.05) is 18.4 Å². The molecular weight excluding hydrogens is 526 g/mol. The standard InChI is InChI=1S/C32H46ClN3O4/c1-8-9-10-11-12-13-17-36(27(37)21-34-31(39)40-32(5,6)7)29(25-19-22(2)18-23(3)20-25)30(38)35-28-24(4)15-14-16-26(28)33/h14-16,18-20,29H,8-13,17,21H2,1-7H3,(H,34,39)(H,35,38). The zero-order valence-electron chi connectivity index (χ0n) is 25.2. The Hall–Kier alpha value is -3.06. The molecule has 0 aliphatic heterocycles. The van der Waals surface area contributed by atoms with Crippen LogP contribution in [-0.4, -0.2) is 41.5 Å². The van der Waals surface area contributed by atoms with Crippen molar-refractivity contribution in [2.24, 2.45) is 0 Å². The van der Waals surface area contributed by atoms with E-state index in [-0.39, 0.29) is 18.4 Å². The number of halogens is 1. The molecule has 2 aromatic rings. The largest absolute Gasteiger partial charge is 0.444 e. The van der Waals surface area contributed by atoms with Crippen molar-refractivity contribution in [3.63, 3.8) is 0 Å². The molecule has 2 aromatic carbocycles. The van der Waals surface area contributed by atoms with Crippen molar-refractivity contribution < 1.29 is 19.1 Å². The number of hydrogen-bond donors (Lipinski definition) is 2. The highest BCUT2D eigenvalue weighted by Crippen LogP contribution is 2.30. The third kappa shape index (κ3) is 10.8. The van der Waals surface area contributed by atoms with E-state index in [9.17, 15) is 14.4 Å². The van der Waals surface area contributed by atoms with E-state index in [1.54, 1.807) is 31.7 Å². The summed E-state index contributed by atoms with van der Waals surface area (Å²) in [5, 5.41) is 5.98. The summed E-state index contributed by atoms with van der Waals surface area (Å²) in [6, 6.07) is 10.4. The molecule has 1 unspecified atom stereocenters. The summed E-state index contributed by atoms with van der Waals surface area (Å²) in [5.41, 5.74) is 3.32. The number of amides is 3. The molecule has 7 nitrogen and oxygen atoms in total. The number of unbranched alkanes of at least 4 members (excludes halogenated alkanes) is 5. The van der Waals surface area contributed by atoms with E-state index in [1.165, 1.54) is 6.42 Å². The summed E-state index contributed by atoms with van der Waals surface area (Å²) in [7, 11) is 0. The molecule has 0 radical (unpaired) electrons. The van der Waals surface area contributed by atoms with E-state index in [1.807, 2.05) is 51.1 Å². The maximum absolute atomic E-state index is 14.0. The van der Waals surface area contributed by atoms with E-state index in [0.717, 1.165) is 48.8 Å². The van der Waals surface area contributed by atoms with Gasteiger partial charge < -0.3 is 20.3 Å². The van der Waals surface area contributed by atoms with Crippen molar-refractivity contribution in [1.29, 1.82) is 0 Å². The van der Waals surface area contributed by atoms with Gasteiger partial charge >= 0.3 is 6.09 Å². The number of rotatable bonds is 13. The molecule has 0 bridgehead atoms. The number of carbonyl (C=O) groups excluding carboxylic acids is 3. The second kappa shape index (κ2) is 15.7. The Bertz CT molecular complexity index is 1120. The number of para-hydroxylation sites is 1. The third-order valence-corrected chi connectivity index (χ3v) is 6.76. The fourth-order valence-electron chi connectivity index (χ4n) is 4.65. The lowest BCUT2D eigenvalue weighted by Gasteiger charge is -2.32. The van der Waals surface area contributed by atoms with E-state index in [4.69, 9.17) is 16.3 Å². The lowest BCUT2D eigenvalue weighted by molar-refractivity contribution is -0.138. The zero-order chi connectivity index (χ0) is 29.9. The van der Waals surface area contributed by atoms with Crippen molar-refractivity contribution in [3.8, 4) is 0 Å². The number of anilines is 1. The molecule has 0 fully saturated rings. The second-order valence-corrected chi connectivity index (χ2v) is 11.9. The van der Waals surface area contributed by atoms with Crippen LogP contribution >= 0.6 is 11.6 Å². The zero-order valence-corrected chi connectivity index (χ0v) is 25.9. The maximum Gasteiger partial charge on any atom is 0.408 e. The van der Waals surface area contributed by atoms with Gasteiger partial charge in [-0.2, -0.15) is 0 Å². The predicted octanol–water partition coefficient (Wildman–Crippen LogP) is 7.66. The van der Waals surface area contributed by atoms with Gasteiger partial charge in [0, 0.05) is 6.54 Å². The van der Waals surface area contributed by atoms with Gasteiger partial charge in [-0.3, -0.25) is 9.59 Å². The Kier molecular flexibility index (Phi) is 13.0. The minimum atomic E-state index is -0.919. The fraction of sp³-hybridized carbons (Fsp3) is 0.531. The summed E-state index contributed by atoms with van der Waals surface area (Å²) >= 11 is 6.44. The SMILES string of the molecule is CCCCCCCCN(C(=O)CNC(=O)OC(C)(C)C)C(C(=O)Nc1c(C)cccc1Cl)c1cc(C)cc(C)c1. The maximum atomic E-state index is 14.0. The lowest BCUT2D eigenvalue weighted by Crippen LogP contribution is -2.47. The topological polar surface area (TPSA) is 87.7 Å². The first-order valence-electron chi connectivity index (χ1n) is 14.2. The van der Waals surface area contributed by atoms with Gasteiger partial charge in [0.15, 0.2) is 0 Å². The van der Waals surface area contributed by atoms with E-state index >= 15 is 0 Å². The molecule has 0 spiro atoms. The van der Waals surface area contributed by atoms with E-state index in [0.29, 0.717) is 22.8 Å². The van der Waals surface area contributed by atoms with Crippen LogP contribution in [0, 0.1) is 20.8 Å². The van der Waals surface area contributed by atoms with Crippen LogP contribution in [0.3, 0.4) is 0 Å². The van der Waals surface area contributed by atoms with Crippen LogP contribution in [0.15, 0.2) is 36.4 Å². The number of alkyl carbamates (subject to hydrolysis) is 1. The highest BCUT2D eigenvalue weighted by atomic mass is 35.5. The monoisotopic (exact) mass is 571 g/mol. The van der Waals surface area contributed by atoms with Crippen molar-refractivity contribution in [1.82, 2.24) is 10.2 Å². The summed E-state index contributed by atoms with van der Waals surface area (Å²) in [6.45, 7) is 13.3. The summed E-state index contributed by atoms with van der Waals surface area (Å²) < 4.78 is 5.32. The van der Waals surface area contributed by atoms with Crippen LogP contribution in [0.5, 0.6) is 0 Å². The quantitative estimate of drug-likeness (QED) is 0.242. The minimum Gasteiger partial charge on any atom is -0.444 e. The average Bonchev–Trinajstić information content (AvgIpc) is 2.84. The van der Waals surface area contributed by atoms with Gasteiger partial charge in [-0.15, -0.1) is 0 Å². The van der Waals surface area contributed by atoms with Crippen LogP contribution < -0.4 is 10.6 Å². The van der Waals surface area contributed by atoms with Crippen molar-refractivity contribution >= 4 is 35.2 Å². The number of ether oxygens (including phenoxy) is 1. The number of hydrogen-bond acceptors (Lipinski definition) is 4. The molecule has 0 aliphatic rings. The number of nitrogens with one attached hydrogen (secondary N) is 2. The average molecular weight is 572 g/mol. The van der Waals surface area contributed by atoms with Crippen LogP contribution in [0.1, 0.15) is 94.5 Å². The number of benzene rings is 2. The Labute approximate surface area is 245 Å². The fourth-order valence-corrected chi connectivity index (χ4v) is 4.92. The molecule has 0 heterocycles. The minimum absolute atomic E-state index is 0.287. The summed E-state index contributed by atoms with van der Waals surface area (Å²) in [5.74, 6) is -0.729. The molecule has 2 N–H and O–H groups in total. The first-order chi connectivity index (χ1) is 18.8. The van der Waals surface area contributed by atoms with Crippen LogP contribution in [0.4, 0.5) is 10.5 Å². The second-order valence-electron chi connectivity index (χ2n) is 11.5. The lowest BCUT2D eigenvalue weighted by atomic mass is 9.98. The van der Waals surface area contributed by atoms with Gasteiger partial charge in [0.05, 0.1) is 10.7 Å². The Morgan fingerprint density at radius 1 is 0.950 bits per heavy atom. The molecule has 0 aromatic heterocycles. The van der Waals surface area contributed by atoms with Gasteiger partial charge in [0.25, 0.3) is 5.91 Å². The first kappa shape index (κ1) is 33.1. The van der Waals surface area contributed by atoms with Crippen LogP contribution in [-0.2, 0) is 14.3 Å². The molecule has 0 aliphatic carbocycles. The third-order valence-electron chi connectivity index (χ3n) is 6.45. The van der Waals surface area contributed by atoms with Gasteiger partial charge in [0.1, 0.15) is 18.2 Å². The Balaban J connectivity index is 2.42. The van der Waals surface area contributed by atoms with Gasteiger partial charge in [-0.25, -0.2) is 4.79 Å². The van der Waals surface area contributed by atoms with Gasteiger partial charge in [0.2, 0.25) is 5.91 Å².